The Morgan fingerprint density at radius 2 is 2.15 bits per heavy atom. The quantitative estimate of drug-likeness (QED) is 0.571. The van der Waals surface area contributed by atoms with E-state index in [0.29, 0.717) is 18.5 Å². The van der Waals surface area contributed by atoms with Crippen molar-refractivity contribution in [3.8, 4) is 5.75 Å². The number of rotatable bonds is 7. The standard InChI is InChI=1S/C18H27F3N4O/c1-3-25-9-5-7-15(25)12-24-17(22-2)23-11-14-6-4-8-16(10-14)26-13-18(19,20)21/h4,6,8,10,15H,3,5,7,9,11-13H2,1-2H3,(H2,22,23,24). The first kappa shape index (κ1) is 20.4. The van der Waals surface area contributed by atoms with Gasteiger partial charge >= 0.3 is 6.18 Å². The molecule has 1 unspecified atom stereocenters. The highest BCUT2D eigenvalue weighted by atomic mass is 19.4. The lowest BCUT2D eigenvalue weighted by Crippen LogP contribution is -2.44. The third-order valence-electron chi connectivity index (χ3n) is 4.39. The molecular formula is C18H27F3N4O. The fraction of sp³-hybridized carbons (Fsp3) is 0.611. The molecule has 8 heteroatoms. The number of halogens is 3. The Labute approximate surface area is 152 Å². The highest BCUT2D eigenvalue weighted by Crippen LogP contribution is 2.19. The van der Waals surface area contributed by atoms with E-state index in [1.807, 2.05) is 6.07 Å². The zero-order valence-electron chi connectivity index (χ0n) is 15.3. The fourth-order valence-electron chi connectivity index (χ4n) is 3.07. The summed E-state index contributed by atoms with van der Waals surface area (Å²) >= 11 is 0. The van der Waals surface area contributed by atoms with Gasteiger partial charge in [-0.15, -0.1) is 0 Å². The number of alkyl halides is 3. The summed E-state index contributed by atoms with van der Waals surface area (Å²) in [6.45, 7) is 4.33. The summed E-state index contributed by atoms with van der Waals surface area (Å²) in [5, 5.41) is 6.51. The zero-order valence-corrected chi connectivity index (χ0v) is 15.3. The Morgan fingerprint density at radius 1 is 1.35 bits per heavy atom. The van der Waals surface area contributed by atoms with Crippen LogP contribution in [0.25, 0.3) is 0 Å². The van der Waals surface area contributed by atoms with Crippen LogP contribution in [0.3, 0.4) is 0 Å². The second kappa shape index (κ2) is 9.66. The zero-order chi connectivity index (χ0) is 19.0. The molecule has 26 heavy (non-hydrogen) atoms. The minimum Gasteiger partial charge on any atom is -0.484 e. The molecule has 5 nitrogen and oxygen atoms in total. The SMILES string of the molecule is CCN1CCCC1CNC(=NC)NCc1cccc(OCC(F)(F)F)c1. The smallest absolute Gasteiger partial charge is 0.422 e. The number of nitrogens with zero attached hydrogens (tertiary/aromatic N) is 2. The van der Waals surface area contributed by atoms with Gasteiger partial charge in [-0.05, 0) is 43.6 Å². The molecule has 2 N–H and O–H groups in total. The summed E-state index contributed by atoms with van der Waals surface area (Å²) in [5.74, 6) is 0.878. The molecular weight excluding hydrogens is 345 g/mol. The van der Waals surface area contributed by atoms with Gasteiger partial charge in [-0.25, -0.2) is 0 Å². The van der Waals surface area contributed by atoms with E-state index in [2.05, 4.69) is 27.4 Å². The molecule has 1 aromatic carbocycles. The minimum absolute atomic E-state index is 0.203. The van der Waals surface area contributed by atoms with Crippen LogP contribution >= 0.6 is 0 Å². The normalized spacial score (nSPS) is 18.8. The number of aliphatic imine (C=N–C) groups is 1. The van der Waals surface area contributed by atoms with Crippen LogP contribution in [0.1, 0.15) is 25.3 Å². The van der Waals surface area contributed by atoms with Gasteiger partial charge in [-0.1, -0.05) is 19.1 Å². The number of guanidine groups is 1. The van der Waals surface area contributed by atoms with Gasteiger partial charge in [0, 0.05) is 26.2 Å². The third kappa shape index (κ3) is 6.74. The molecule has 0 saturated carbocycles. The molecule has 0 spiro atoms. The molecule has 1 atom stereocenters. The van der Waals surface area contributed by atoms with Crippen molar-refractivity contribution in [1.29, 1.82) is 0 Å². The van der Waals surface area contributed by atoms with Gasteiger partial charge in [-0.3, -0.25) is 9.89 Å². The maximum atomic E-state index is 12.2. The van der Waals surface area contributed by atoms with Crippen molar-refractivity contribution in [2.24, 2.45) is 4.99 Å². The van der Waals surface area contributed by atoms with Gasteiger partial charge in [0.05, 0.1) is 0 Å². The van der Waals surface area contributed by atoms with E-state index in [1.165, 1.54) is 18.9 Å². The third-order valence-corrected chi connectivity index (χ3v) is 4.39. The van der Waals surface area contributed by atoms with Gasteiger partial charge in [-0.2, -0.15) is 13.2 Å². The largest absolute Gasteiger partial charge is 0.484 e. The van der Waals surface area contributed by atoms with E-state index in [-0.39, 0.29) is 5.75 Å². The van der Waals surface area contributed by atoms with Crippen molar-refractivity contribution >= 4 is 5.96 Å². The molecule has 2 rings (SSSR count). The number of likely N-dealkylation sites (N-methyl/N-ethyl adjacent to an activating group) is 1. The average molecular weight is 372 g/mol. The highest BCUT2D eigenvalue weighted by Gasteiger charge is 2.28. The van der Waals surface area contributed by atoms with Crippen LogP contribution in [0.15, 0.2) is 29.3 Å². The molecule has 0 bridgehead atoms. The Bertz CT molecular complexity index is 592. The highest BCUT2D eigenvalue weighted by molar-refractivity contribution is 5.79. The van der Waals surface area contributed by atoms with Crippen molar-refractivity contribution < 1.29 is 17.9 Å². The number of hydrogen-bond donors (Lipinski definition) is 2. The Balaban J connectivity index is 1.80. The van der Waals surface area contributed by atoms with Gasteiger partial charge in [0.2, 0.25) is 0 Å². The Hall–Kier alpha value is -1.96. The summed E-state index contributed by atoms with van der Waals surface area (Å²) in [5.41, 5.74) is 0.823. The average Bonchev–Trinajstić information content (AvgIpc) is 3.07. The predicted molar refractivity (Wildman–Crippen MR) is 96.5 cm³/mol. The summed E-state index contributed by atoms with van der Waals surface area (Å²) in [4.78, 5) is 6.65. The van der Waals surface area contributed by atoms with Crippen molar-refractivity contribution in [2.75, 3.05) is 33.3 Å². The predicted octanol–water partition coefficient (Wildman–Crippen LogP) is 2.78. The number of benzene rings is 1. The van der Waals surface area contributed by atoms with Crippen molar-refractivity contribution in [2.45, 2.75) is 38.5 Å². The van der Waals surface area contributed by atoms with Crippen molar-refractivity contribution in [3.05, 3.63) is 29.8 Å². The molecule has 146 valence electrons. The van der Waals surface area contributed by atoms with Gasteiger partial charge < -0.3 is 15.4 Å². The molecule has 0 aliphatic carbocycles. The van der Waals surface area contributed by atoms with E-state index in [4.69, 9.17) is 4.74 Å². The number of ether oxygens (including phenoxy) is 1. The monoisotopic (exact) mass is 372 g/mol. The van der Waals surface area contributed by atoms with Gasteiger partial charge in [0.1, 0.15) is 5.75 Å². The second-order valence-corrected chi connectivity index (χ2v) is 6.28. The van der Waals surface area contributed by atoms with Crippen LogP contribution in [0.5, 0.6) is 5.75 Å². The van der Waals surface area contributed by atoms with E-state index in [9.17, 15) is 13.2 Å². The first-order chi connectivity index (χ1) is 12.4. The van der Waals surface area contributed by atoms with E-state index < -0.39 is 12.8 Å². The second-order valence-electron chi connectivity index (χ2n) is 6.28. The molecule has 0 amide bonds. The van der Waals surface area contributed by atoms with Crippen LogP contribution in [0.4, 0.5) is 13.2 Å². The summed E-state index contributed by atoms with van der Waals surface area (Å²) in [6.07, 6.45) is -1.94. The number of likely N-dealkylation sites (tertiary alicyclic amines) is 1. The van der Waals surface area contributed by atoms with E-state index >= 15 is 0 Å². The van der Waals surface area contributed by atoms with E-state index in [1.54, 1.807) is 19.2 Å². The van der Waals surface area contributed by atoms with Gasteiger partial charge in [0.25, 0.3) is 0 Å². The van der Waals surface area contributed by atoms with Crippen LogP contribution in [0.2, 0.25) is 0 Å². The van der Waals surface area contributed by atoms with Crippen molar-refractivity contribution in [3.63, 3.8) is 0 Å². The number of hydrogen-bond acceptors (Lipinski definition) is 3. The molecule has 1 aliphatic rings. The van der Waals surface area contributed by atoms with Crippen LogP contribution in [-0.4, -0.2) is 56.4 Å². The molecule has 0 aromatic heterocycles. The topological polar surface area (TPSA) is 48.9 Å². The molecule has 1 fully saturated rings. The fourth-order valence-corrected chi connectivity index (χ4v) is 3.07. The lowest BCUT2D eigenvalue weighted by molar-refractivity contribution is -0.153. The molecule has 1 aromatic rings. The molecule has 1 saturated heterocycles. The van der Waals surface area contributed by atoms with Crippen molar-refractivity contribution in [1.82, 2.24) is 15.5 Å². The maximum Gasteiger partial charge on any atom is 0.422 e. The molecule has 0 radical (unpaired) electrons. The Kier molecular flexibility index (Phi) is 7.56. The summed E-state index contributed by atoms with van der Waals surface area (Å²) < 4.78 is 41.5. The maximum absolute atomic E-state index is 12.2. The lowest BCUT2D eigenvalue weighted by atomic mass is 10.2. The van der Waals surface area contributed by atoms with Gasteiger partial charge in [0.15, 0.2) is 12.6 Å². The lowest BCUT2D eigenvalue weighted by Gasteiger charge is -2.24. The van der Waals surface area contributed by atoms with Crippen LogP contribution < -0.4 is 15.4 Å². The van der Waals surface area contributed by atoms with E-state index in [0.717, 1.165) is 25.2 Å². The first-order valence-corrected chi connectivity index (χ1v) is 8.88. The Morgan fingerprint density at radius 3 is 2.85 bits per heavy atom. The van der Waals surface area contributed by atoms with Crippen LogP contribution in [0, 0.1) is 0 Å². The molecule has 1 aliphatic heterocycles. The summed E-state index contributed by atoms with van der Waals surface area (Å²) in [6, 6.07) is 7.13. The molecule has 1 heterocycles. The minimum atomic E-state index is -4.34. The van der Waals surface area contributed by atoms with Crippen LogP contribution in [-0.2, 0) is 6.54 Å². The first-order valence-electron chi connectivity index (χ1n) is 8.88. The number of nitrogens with one attached hydrogen (secondary N) is 2. The summed E-state index contributed by atoms with van der Waals surface area (Å²) in [7, 11) is 1.70.